The summed E-state index contributed by atoms with van der Waals surface area (Å²) in [6.45, 7) is 2.12. The van der Waals surface area contributed by atoms with Crippen molar-refractivity contribution in [1.29, 1.82) is 0 Å². The maximum absolute atomic E-state index is 13.0. The third-order valence-corrected chi connectivity index (χ3v) is 5.02. The molecular formula is C13H14F3N3S2. The summed E-state index contributed by atoms with van der Waals surface area (Å²) in [5, 5.41) is 6.37. The van der Waals surface area contributed by atoms with Crippen LogP contribution >= 0.6 is 22.7 Å². The van der Waals surface area contributed by atoms with Crippen LogP contribution in [0, 0.1) is 6.92 Å². The van der Waals surface area contributed by atoms with Crippen LogP contribution in [0.15, 0.2) is 5.38 Å². The monoisotopic (exact) mass is 333 g/mol. The van der Waals surface area contributed by atoms with E-state index in [-0.39, 0.29) is 11.4 Å². The van der Waals surface area contributed by atoms with Crippen LogP contribution in [-0.4, -0.2) is 16.0 Å². The van der Waals surface area contributed by atoms with Crippen LogP contribution in [-0.2, 0) is 19.1 Å². The van der Waals surface area contributed by atoms with Gasteiger partial charge in [-0.3, -0.25) is 0 Å². The number of alkyl halides is 3. The summed E-state index contributed by atoms with van der Waals surface area (Å²) in [6, 6.07) is 0.373. The molecule has 0 bridgehead atoms. The Morgan fingerprint density at radius 1 is 1.33 bits per heavy atom. The van der Waals surface area contributed by atoms with E-state index in [0.29, 0.717) is 17.5 Å². The molecule has 3 rings (SSSR count). The summed E-state index contributed by atoms with van der Waals surface area (Å²) in [4.78, 5) is 8.36. The normalized spacial score (nSPS) is 15.6. The van der Waals surface area contributed by atoms with Gasteiger partial charge in [-0.2, -0.15) is 13.2 Å². The van der Waals surface area contributed by atoms with Gasteiger partial charge < -0.3 is 5.32 Å². The fourth-order valence-corrected chi connectivity index (χ4v) is 3.65. The van der Waals surface area contributed by atoms with E-state index in [2.05, 4.69) is 15.3 Å². The second-order valence-electron chi connectivity index (χ2n) is 5.07. The minimum Gasteiger partial charge on any atom is -0.309 e. The van der Waals surface area contributed by atoms with E-state index in [4.69, 9.17) is 0 Å². The van der Waals surface area contributed by atoms with Crippen LogP contribution in [0.1, 0.15) is 39.1 Å². The number of hydrogen-bond acceptors (Lipinski definition) is 5. The van der Waals surface area contributed by atoms with Gasteiger partial charge in [-0.15, -0.1) is 22.7 Å². The number of hydrogen-bond donors (Lipinski definition) is 1. The van der Waals surface area contributed by atoms with Gasteiger partial charge in [-0.1, -0.05) is 0 Å². The highest BCUT2D eigenvalue weighted by atomic mass is 32.1. The summed E-state index contributed by atoms with van der Waals surface area (Å²) in [5.74, 6) is 0. The lowest BCUT2D eigenvalue weighted by atomic mass is 10.3. The summed E-state index contributed by atoms with van der Waals surface area (Å²) in [6.07, 6.45) is -1.94. The minimum absolute atomic E-state index is 0.243. The second kappa shape index (κ2) is 5.66. The number of nitrogens with zero attached hydrogens (tertiary/aromatic N) is 2. The number of rotatable bonds is 5. The molecule has 0 aliphatic heterocycles. The molecule has 0 amide bonds. The quantitative estimate of drug-likeness (QED) is 0.905. The van der Waals surface area contributed by atoms with E-state index in [0.717, 1.165) is 34.9 Å². The molecule has 1 N–H and O–H groups in total. The molecular weight excluding hydrogens is 319 g/mol. The van der Waals surface area contributed by atoms with Crippen molar-refractivity contribution < 1.29 is 13.2 Å². The topological polar surface area (TPSA) is 37.8 Å². The Labute approximate surface area is 128 Å². The lowest BCUT2D eigenvalue weighted by molar-refractivity contribution is -0.141. The lowest BCUT2D eigenvalue weighted by Gasteiger charge is -2.06. The molecule has 0 atom stereocenters. The van der Waals surface area contributed by atoms with E-state index < -0.39 is 11.9 Å². The molecule has 114 valence electrons. The number of aryl methyl sites for hydroxylation is 1. The largest absolute Gasteiger partial charge is 0.434 e. The van der Waals surface area contributed by atoms with E-state index in [9.17, 15) is 13.2 Å². The Hall–Kier alpha value is -0.990. The fourth-order valence-electron chi connectivity index (χ4n) is 1.99. The van der Waals surface area contributed by atoms with Crippen molar-refractivity contribution in [2.45, 2.75) is 44.9 Å². The third-order valence-electron chi connectivity index (χ3n) is 3.14. The molecule has 1 saturated carbocycles. The predicted octanol–water partition coefficient (Wildman–Crippen LogP) is 3.77. The Morgan fingerprint density at radius 3 is 2.67 bits per heavy atom. The fraction of sp³-hybridized carbons (Fsp3) is 0.538. The molecule has 2 aromatic heterocycles. The van der Waals surface area contributed by atoms with Crippen LogP contribution in [0.5, 0.6) is 0 Å². The average molecular weight is 333 g/mol. The molecule has 0 aromatic carbocycles. The van der Waals surface area contributed by atoms with Crippen LogP contribution in [0.4, 0.5) is 13.2 Å². The average Bonchev–Trinajstić information content (AvgIpc) is 2.99. The highest BCUT2D eigenvalue weighted by molar-refractivity contribution is 7.11. The molecule has 3 nitrogen and oxygen atoms in total. The Balaban J connectivity index is 1.80. The van der Waals surface area contributed by atoms with Crippen molar-refractivity contribution in [2.24, 2.45) is 0 Å². The molecule has 0 radical (unpaired) electrons. The highest BCUT2D eigenvalue weighted by Gasteiger charge is 2.37. The molecule has 2 aromatic rings. The van der Waals surface area contributed by atoms with Crippen LogP contribution < -0.4 is 5.32 Å². The lowest BCUT2D eigenvalue weighted by Crippen LogP contribution is -2.18. The summed E-state index contributed by atoms with van der Waals surface area (Å²) in [5.41, 5.74) is 0.0317. The number of thiazole rings is 2. The molecule has 1 aliphatic carbocycles. The SMILES string of the molecule is Cc1nc(Cc2nc(C(F)(F)F)c(CNC3CC3)s2)cs1. The van der Waals surface area contributed by atoms with Gasteiger partial charge in [0.2, 0.25) is 0 Å². The van der Waals surface area contributed by atoms with E-state index in [1.807, 2.05) is 12.3 Å². The van der Waals surface area contributed by atoms with E-state index in [1.54, 1.807) is 0 Å². The number of nitrogens with one attached hydrogen (secondary N) is 1. The van der Waals surface area contributed by atoms with Crippen LogP contribution in [0.25, 0.3) is 0 Å². The van der Waals surface area contributed by atoms with Gasteiger partial charge >= 0.3 is 6.18 Å². The molecule has 0 unspecified atom stereocenters. The maximum Gasteiger partial charge on any atom is 0.434 e. The molecule has 0 saturated heterocycles. The Kier molecular flexibility index (Phi) is 4.02. The summed E-state index contributed by atoms with van der Waals surface area (Å²) in [7, 11) is 0. The molecule has 21 heavy (non-hydrogen) atoms. The van der Waals surface area contributed by atoms with Gasteiger partial charge in [0.1, 0.15) is 0 Å². The number of halogens is 3. The molecule has 0 spiro atoms. The molecule has 1 fully saturated rings. The molecule has 2 heterocycles. The minimum atomic E-state index is -4.40. The first-order valence-corrected chi connectivity index (χ1v) is 8.31. The standard InChI is InChI=1S/C13H14F3N3S2/c1-7-18-9(6-20-7)4-11-19-12(13(14,15)16)10(21-11)5-17-8-2-3-8/h6,8,17H,2-5H2,1H3. The van der Waals surface area contributed by atoms with Crippen molar-refractivity contribution in [1.82, 2.24) is 15.3 Å². The highest BCUT2D eigenvalue weighted by Crippen LogP contribution is 2.35. The first-order chi connectivity index (χ1) is 9.91. The van der Waals surface area contributed by atoms with Gasteiger partial charge in [0.25, 0.3) is 0 Å². The first-order valence-electron chi connectivity index (χ1n) is 6.62. The van der Waals surface area contributed by atoms with Gasteiger partial charge in [-0.05, 0) is 19.8 Å². The Morgan fingerprint density at radius 2 is 2.10 bits per heavy atom. The van der Waals surface area contributed by atoms with Gasteiger partial charge in [0.15, 0.2) is 5.69 Å². The van der Waals surface area contributed by atoms with Crippen LogP contribution in [0.2, 0.25) is 0 Å². The van der Waals surface area contributed by atoms with Crippen molar-refractivity contribution >= 4 is 22.7 Å². The first kappa shape index (κ1) is 14.9. The van der Waals surface area contributed by atoms with Crippen molar-refractivity contribution in [3.05, 3.63) is 31.7 Å². The molecule has 1 aliphatic rings. The molecule has 8 heteroatoms. The third kappa shape index (κ3) is 3.81. The maximum atomic E-state index is 13.0. The summed E-state index contributed by atoms with van der Waals surface area (Å²) >= 11 is 2.63. The van der Waals surface area contributed by atoms with E-state index >= 15 is 0 Å². The zero-order valence-corrected chi connectivity index (χ0v) is 13.0. The zero-order valence-electron chi connectivity index (χ0n) is 11.3. The van der Waals surface area contributed by atoms with Crippen molar-refractivity contribution in [3.63, 3.8) is 0 Å². The van der Waals surface area contributed by atoms with Crippen LogP contribution in [0.3, 0.4) is 0 Å². The summed E-state index contributed by atoms with van der Waals surface area (Å²) < 4.78 is 39.1. The van der Waals surface area contributed by atoms with Crippen molar-refractivity contribution in [3.8, 4) is 0 Å². The van der Waals surface area contributed by atoms with Gasteiger partial charge in [-0.25, -0.2) is 9.97 Å². The van der Waals surface area contributed by atoms with Gasteiger partial charge in [0.05, 0.1) is 20.6 Å². The smallest absolute Gasteiger partial charge is 0.309 e. The van der Waals surface area contributed by atoms with Gasteiger partial charge in [0, 0.05) is 24.4 Å². The van der Waals surface area contributed by atoms with E-state index in [1.165, 1.54) is 11.3 Å². The van der Waals surface area contributed by atoms with Crippen molar-refractivity contribution in [2.75, 3.05) is 0 Å². The Bertz CT molecular complexity index is 629. The zero-order chi connectivity index (χ0) is 15.0. The second-order valence-corrected chi connectivity index (χ2v) is 7.30. The number of aromatic nitrogens is 2. The predicted molar refractivity (Wildman–Crippen MR) is 76.6 cm³/mol.